The van der Waals surface area contributed by atoms with Crippen molar-refractivity contribution < 1.29 is 0 Å². The van der Waals surface area contributed by atoms with Crippen LogP contribution in [0.4, 0.5) is 0 Å². The van der Waals surface area contributed by atoms with Crippen LogP contribution in [0, 0.1) is 5.92 Å². The standard InChI is InChI=1S/C17H26N2/c1-18-16(14-9-5-3-6-10-14)13-17(19(18)2)15-11-7-4-8-12-15/h3,5-6,9-10,15-17H,4,7-8,11-13H2,1-2H3. The molecule has 104 valence electrons. The Morgan fingerprint density at radius 3 is 2.26 bits per heavy atom. The molecule has 0 bridgehead atoms. The highest BCUT2D eigenvalue weighted by atomic mass is 15.6. The summed E-state index contributed by atoms with van der Waals surface area (Å²) in [5.74, 6) is 0.912. The minimum absolute atomic E-state index is 0.568. The van der Waals surface area contributed by atoms with Gasteiger partial charge in [0.2, 0.25) is 0 Å². The first kappa shape index (κ1) is 13.1. The topological polar surface area (TPSA) is 6.48 Å². The third-order valence-corrected chi connectivity index (χ3v) is 5.27. The summed E-state index contributed by atoms with van der Waals surface area (Å²) < 4.78 is 0. The van der Waals surface area contributed by atoms with Crippen molar-refractivity contribution in [2.45, 2.75) is 50.6 Å². The van der Waals surface area contributed by atoms with Crippen molar-refractivity contribution in [1.82, 2.24) is 10.0 Å². The normalized spacial score (nSPS) is 30.8. The fraction of sp³-hybridized carbons (Fsp3) is 0.647. The molecule has 2 heteroatoms. The Labute approximate surface area is 117 Å². The lowest BCUT2D eigenvalue weighted by Gasteiger charge is -2.34. The average Bonchev–Trinajstić information content (AvgIpc) is 2.77. The summed E-state index contributed by atoms with van der Waals surface area (Å²) in [5.41, 5.74) is 1.47. The lowest BCUT2D eigenvalue weighted by Crippen LogP contribution is -2.40. The van der Waals surface area contributed by atoms with Gasteiger partial charge in [0.1, 0.15) is 0 Å². The van der Waals surface area contributed by atoms with Crippen molar-refractivity contribution in [2.24, 2.45) is 5.92 Å². The Morgan fingerprint density at radius 2 is 1.58 bits per heavy atom. The van der Waals surface area contributed by atoms with Crippen molar-refractivity contribution in [2.75, 3.05) is 14.1 Å². The van der Waals surface area contributed by atoms with E-state index in [0.717, 1.165) is 12.0 Å². The molecule has 1 aromatic rings. The molecular weight excluding hydrogens is 232 g/mol. The van der Waals surface area contributed by atoms with Gasteiger partial charge in [-0.25, -0.2) is 10.0 Å². The van der Waals surface area contributed by atoms with Gasteiger partial charge in [0.25, 0.3) is 0 Å². The molecule has 19 heavy (non-hydrogen) atoms. The average molecular weight is 258 g/mol. The second kappa shape index (κ2) is 5.64. The van der Waals surface area contributed by atoms with E-state index < -0.39 is 0 Å². The van der Waals surface area contributed by atoms with Gasteiger partial charge < -0.3 is 0 Å². The van der Waals surface area contributed by atoms with Gasteiger partial charge >= 0.3 is 0 Å². The van der Waals surface area contributed by atoms with Gasteiger partial charge in [-0.15, -0.1) is 0 Å². The first-order valence-corrected chi connectivity index (χ1v) is 7.78. The molecule has 1 saturated heterocycles. The highest BCUT2D eigenvalue weighted by Gasteiger charge is 2.39. The summed E-state index contributed by atoms with van der Waals surface area (Å²) in [6.07, 6.45) is 8.49. The molecule has 0 radical (unpaired) electrons. The molecule has 2 aliphatic rings. The molecule has 2 nitrogen and oxygen atoms in total. The SMILES string of the molecule is CN1C(c2ccccc2)CC(C2CCCCC2)N1C. The summed E-state index contributed by atoms with van der Waals surface area (Å²) in [6.45, 7) is 0. The summed E-state index contributed by atoms with van der Waals surface area (Å²) in [5, 5.41) is 4.96. The van der Waals surface area contributed by atoms with Crippen molar-refractivity contribution in [3.8, 4) is 0 Å². The second-order valence-electron chi connectivity index (χ2n) is 6.27. The van der Waals surface area contributed by atoms with Crippen LogP contribution < -0.4 is 0 Å². The van der Waals surface area contributed by atoms with Gasteiger partial charge in [-0.1, -0.05) is 49.6 Å². The van der Waals surface area contributed by atoms with E-state index in [1.165, 1.54) is 44.1 Å². The lowest BCUT2D eigenvalue weighted by molar-refractivity contribution is 0.00353. The zero-order valence-corrected chi connectivity index (χ0v) is 12.3. The second-order valence-corrected chi connectivity index (χ2v) is 6.27. The molecule has 0 N–H and O–H groups in total. The van der Waals surface area contributed by atoms with Crippen LogP contribution in [0.25, 0.3) is 0 Å². The summed E-state index contributed by atoms with van der Waals surface area (Å²) in [6, 6.07) is 12.3. The summed E-state index contributed by atoms with van der Waals surface area (Å²) in [4.78, 5) is 0. The third kappa shape index (κ3) is 2.56. The third-order valence-electron chi connectivity index (χ3n) is 5.27. The van der Waals surface area contributed by atoms with Crippen molar-refractivity contribution >= 4 is 0 Å². The van der Waals surface area contributed by atoms with Gasteiger partial charge in [0, 0.05) is 20.1 Å². The molecule has 2 unspecified atom stereocenters. The Morgan fingerprint density at radius 1 is 0.895 bits per heavy atom. The van der Waals surface area contributed by atoms with E-state index in [4.69, 9.17) is 0 Å². The van der Waals surface area contributed by atoms with E-state index in [9.17, 15) is 0 Å². The molecule has 0 spiro atoms. The smallest absolute Gasteiger partial charge is 0.0507 e. The fourth-order valence-electron chi connectivity index (χ4n) is 4.03. The fourth-order valence-corrected chi connectivity index (χ4v) is 4.03. The number of nitrogens with zero attached hydrogens (tertiary/aromatic N) is 2. The van der Waals surface area contributed by atoms with E-state index >= 15 is 0 Å². The molecule has 1 aliphatic heterocycles. The van der Waals surface area contributed by atoms with Crippen LogP contribution in [0.3, 0.4) is 0 Å². The Balaban J connectivity index is 1.75. The van der Waals surface area contributed by atoms with Gasteiger partial charge in [0.05, 0.1) is 6.04 Å². The first-order chi connectivity index (χ1) is 9.27. The molecule has 1 saturated carbocycles. The monoisotopic (exact) mass is 258 g/mol. The van der Waals surface area contributed by atoms with Gasteiger partial charge in [-0.05, 0) is 30.7 Å². The van der Waals surface area contributed by atoms with E-state index in [1.807, 2.05) is 0 Å². The molecule has 3 rings (SSSR count). The van der Waals surface area contributed by atoms with E-state index in [-0.39, 0.29) is 0 Å². The van der Waals surface area contributed by atoms with Crippen molar-refractivity contribution in [1.29, 1.82) is 0 Å². The quantitative estimate of drug-likeness (QED) is 0.795. The van der Waals surface area contributed by atoms with Crippen LogP contribution >= 0.6 is 0 Å². The molecule has 2 atom stereocenters. The predicted octanol–water partition coefficient (Wildman–Crippen LogP) is 3.86. The van der Waals surface area contributed by atoms with E-state index in [0.29, 0.717) is 6.04 Å². The Kier molecular flexibility index (Phi) is 3.90. The minimum Gasteiger partial charge on any atom is -0.241 e. The highest BCUT2D eigenvalue weighted by Crippen LogP contribution is 2.40. The molecule has 1 aromatic carbocycles. The number of hydrazine groups is 1. The summed E-state index contributed by atoms with van der Waals surface area (Å²) >= 11 is 0. The molecule has 2 fully saturated rings. The zero-order valence-electron chi connectivity index (χ0n) is 12.3. The van der Waals surface area contributed by atoms with Crippen LogP contribution in [0.15, 0.2) is 30.3 Å². The number of hydrogen-bond acceptors (Lipinski definition) is 2. The maximum Gasteiger partial charge on any atom is 0.0507 e. The number of rotatable bonds is 2. The largest absolute Gasteiger partial charge is 0.241 e. The van der Waals surface area contributed by atoms with Gasteiger partial charge in [0.15, 0.2) is 0 Å². The van der Waals surface area contributed by atoms with E-state index in [2.05, 4.69) is 54.4 Å². The highest BCUT2D eigenvalue weighted by molar-refractivity contribution is 5.20. The van der Waals surface area contributed by atoms with Crippen molar-refractivity contribution in [3.05, 3.63) is 35.9 Å². The Hall–Kier alpha value is -0.860. The Bertz CT molecular complexity index is 397. The predicted molar refractivity (Wildman–Crippen MR) is 79.7 cm³/mol. The number of benzene rings is 1. The molecule has 1 aliphatic carbocycles. The van der Waals surface area contributed by atoms with Crippen molar-refractivity contribution in [3.63, 3.8) is 0 Å². The maximum atomic E-state index is 2.51. The van der Waals surface area contributed by atoms with E-state index in [1.54, 1.807) is 0 Å². The van der Waals surface area contributed by atoms with Gasteiger partial charge in [-0.3, -0.25) is 0 Å². The molecular formula is C17H26N2. The van der Waals surface area contributed by atoms with Crippen LogP contribution in [0.2, 0.25) is 0 Å². The van der Waals surface area contributed by atoms with Gasteiger partial charge in [-0.2, -0.15) is 0 Å². The first-order valence-electron chi connectivity index (χ1n) is 7.78. The molecule has 0 aromatic heterocycles. The minimum atomic E-state index is 0.568. The van der Waals surface area contributed by atoms with Crippen LogP contribution in [0.5, 0.6) is 0 Å². The molecule has 1 heterocycles. The summed E-state index contributed by atoms with van der Waals surface area (Å²) in [7, 11) is 4.53. The van der Waals surface area contributed by atoms with Crippen LogP contribution in [-0.4, -0.2) is 30.2 Å². The van der Waals surface area contributed by atoms with Crippen LogP contribution in [0.1, 0.15) is 50.1 Å². The van der Waals surface area contributed by atoms with Crippen LogP contribution in [-0.2, 0) is 0 Å². The lowest BCUT2D eigenvalue weighted by atomic mass is 9.81. The molecule has 0 amide bonds. The number of hydrogen-bond donors (Lipinski definition) is 0. The zero-order chi connectivity index (χ0) is 13.2. The maximum absolute atomic E-state index is 2.51.